The molecule has 2 aliphatic carbocycles. The van der Waals surface area contributed by atoms with E-state index >= 15 is 0 Å². The summed E-state index contributed by atoms with van der Waals surface area (Å²) in [5, 5.41) is 0. The Bertz CT molecular complexity index is 192. The van der Waals surface area contributed by atoms with E-state index in [2.05, 4.69) is 20.8 Å². The van der Waals surface area contributed by atoms with Crippen LogP contribution in [0.4, 0.5) is 0 Å². The second kappa shape index (κ2) is 3.87. The third kappa shape index (κ3) is 1.51. The second-order valence-electron chi connectivity index (χ2n) is 5.98. The van der Waals surface area contributed by atoms with Crippen LogP contribution in [0.1, 0.15) is 65.7 Å². The molecule has 82 valence electrons. The average Bonchev–Trinajstić information content (AvgIpc) is 2.13. The first-order valence-electron chi connectivity index (χ1n) is 6.69. The van der Waals surface area contributed by atoms with Crippen molar-refractivity contribution in [3.63, 3.8) is 0 Å². The highest BCUT2D eigenvalue weighted by Crippen LogP contribution is 2.58. The molecular formula is C14H26. The molecular weight excluding hydrogens is 168 g/mol. The SMILES string of the molecule is CCC(C)C1(CC2CCC2)CCC1C. The van der Waals surface area contributed by atoms with Gasteiger partial charge in [-0.1, -0.05) is 46.5 Å². The van der Waals surface area contributed by atoms with E-state index in [1.165, 1.54) is 38.5 Å². The fourth-order valence-corrected chi connectivity index (χ4v) is 3.68. The quantitative estimate of drug-likeness (QED) is 0.611. The van der Waals surface area contributed by atoms with E-state index in [1.807, 2.05) is 0 Å². The van der Waals surface area contributed by atoms with Crippen LogP contribution in [-0.4, -0.2) is 0 Å². The van der Waals surface area contributed by atoms with Crippen LogP contribution in [0.15, 0.2) is 0 Å². The maximum absolute atomic E-state index is 2.49. The van der Waals surface area contributed by atoms with Crippen molar-refractivity contribution in [3.05, 3.63) is 0 Å². The van der Waals surface area contributed by atoms with Gasteiger partial charge in [-0.05, 0) is 42.4 Å². The van der Waals surface area contributed by atoms with E-state index in [9.17, 15) is 0 Å². The van der Waals surface area contributed by atoms with Crippen LogP contribution < -0.4 is 0 Å². The molecule has 0 heterocycles. The minimum absolute atomic E-state index is 0.764. The standard InChI is InChI=1S/C14H26/c1-4-11(2)14(9-8-12(14)3)10-13-6-5-7-13/h11-13H,4-10H2,1-3H3. The number of hydrogen-bond donors (Lipinski definition) is 0. The minimum Gasteiger partial charge on any atom is -0.0651 e. The summed E-state index contributed by atoms with van der Waals surface area (Å²) in [7, 11) is 0. The normalized spacial score (nSPS) is 40.1. The summed E-state index contributed by atoms with van der Waals surface area (Å²) < 4.78 is 0. The smallest absolute Gasteiger partial charge is 0.0243 e. The monoisotopic (exact) mass is 194 g/mol. The van der Waals surface area contributed by atoms with Crippen LogP contribution in [0.2, 0.25) is 0 Å². The molecule has 0 bridgehead atoms. The minimum atomic E-state index is 0.764. The molecule has 0 nitrogen and oxygen atoms in total. The van der Waals surface area contributed by atoms with Crippen molar-refractivity contribution in [2.75, 3.05) is 0 Å². The van der Waals surface area contributed by atoms with Crippen LogP contribution >= 0.6 is 0 Å². The van der Waals surface area contributed by atoms with Crippen molar-refractivity contribution in [3.8, 4) is 0 Å². The summed E-state index contributed by atoms with van der Waals surface area (Å²) in [5.41, 5.74) is 0.764. The lowest BCUT2D eigenvalue weighted by Gasteiger charge is -2.55. The van der Waals surface area contributed by atoms with Gasteiger partial charge in [-0.25, -0.2) is 0 Å². The molecule has 0 N–H and O–H groups in total. The van der Waals surface area contributed by atoms with Gasteiger partial charge in [0.2, 0.25) is 0 Å². The van der Waals surface area contributed by atoms with Crippen LogP contribution in [0, 0.1) is 23.2 Å². The Morgan fingerprint density at radius 1 is 1.29 bits per heavy atom. The van der Waals surface area contributed by atoms with E-state index in [1.54, 1.807) is 6.42 Å². The summed E-state index contributed by atoms with van der Waals surface area (Å²) >= 11 is 0. The third-order valence-corrected chi connectivity index (χ3v) is 5.51. The molecule has 0 aliphatic heterocycles. The molecule has 14 heavy (non-hydrogen) atoms. The van der Waals surface area contributed by atoms with Gasteiger partial charge in [-0.15, -0.1) is 0 Å². The fourth-order valence-electron chi connectivity index (χ4n) is 3.68. The molecule has 0 heteroatoms. The zero-order valence-corrected chi connectivity index (χ0v) is 10.2. The highest BCUT2D eigenvalue weighted by molar-refractivity contribution is 4.98. The zero-order chi connectivity index (χ0) is 10.2. The van der Waals surface area contributed by atoms with Gasteiger partial charge in [0.05, 0.1) is 0 Å². The fraction of sp³-hybridized carbons (Fsp3) is 1.00. The second-order valence-corrected chi connectivity index (χ2v) is 5.98. The Balaban J connectivity index is 1.98. The molecule has 2 fully saturated rings. The first-order valence-corrected chi connectivity index (χ1v) is 6.69. The van der Waals surface area contributed by atoms with Gasteiger partial charge < -0.3 is 0 Å². The molecule has 0 amide bonds. The summed E-state index contributed by atoms with van der Waals surface area (Å²) in [4.78, 5) is 0. The number of hydrogen-bond acceptors (Lipinski definition) is 0. The van der Waals surface area contributed by atoms with Crippen molar-refractivity contribution < 1.29 is 0 Å². The average molecular weight is 194 g/mol. The van der Waals surface area contributed by atoms with Gasteiger partial charge in [-0.2, -0.15) is 0 Å². The predicted octanol–water partition coefficient (Wildman–Crippen LogP) is 4.64. The van der Waals surface area contributed by atoms with E-state index in [-0.39, 0.29) is 0 Å². The Morgan fingerprint density at radius 2 is 2.00 bits per heavy atom. The molecule has 0 aromatic rings. The van der Waals surface area contributed by atoms with Crippen molar-refractivity contribution in [2.24, 2.45) is 23.2 Å². The molecule has 0 spiro atoms. The number of rotatable bonds is 4. The Labute approximate surface area is 89.5 Å². The maximum atomic E-state index is 2.49. The summed E-state index contributed by atoms with van der Waals surface area (Å²) in [6.07, 6.45) is 10.5. The maximum Gasteiger partial charge on any atom is -0.0243 e. The molecule has 3 unspecified atom stereocenters. The Morgan fingerprint density at radius 3 is 2.29 bits per heavy atom. The molecule has 0 saturated heterocycles. The lowest BCUT2D eigenvalue weighted by molar-refractivity contribution is -0.0490. The Hall–Kier alpha value is 0. The molecule has 3 atom stereocenters. The van der Waals surface area contributed by atoms with Crippen LogP contribution in [0.3, 0.4) is 0 Å². The van der Waals surface area contributed by atoms with Crippen LogP contribution in [0.5, 0.6) is 0 Å². The molecule has 0 aromatic heterocycles. The highest BCUT2D eigenvalue weighted by atomic mass is 14.5. The summed E-state index contributed by atoms with van der Waals surface area (Å²) in [5.74, 6) is 3.08. The van der Waals surface area contributed by atoms with Gasteiger partial charge in [0.15, 0.2) is 0 Å². The first kappa shape index (κ1) is 10.5. The van der Waals surface area contributed by atoms with E-state index in [0.717, 1.165) is 23.2 Å². The van der Waals surface area contributed by atoms with E-state index in [0.29, 0.717) is 0 Å². The van der Waals surface area contributed by atoms with Gasteiger partial charge in [-0.3, -0.25) is 0 Å². The zero-order valence-electron chi connectivity index (χ0n) is 10.2. The highest BCUT2D eigenvalue weighted by Gasteiger charge is 2.48. The first-order chi connectivity index (χ1) is 6.69. The molecule has 2 aliphatic rings. The van der Waals surface area contributed by atoms with Crippen LogP contribution in [0.25, 0.3) is 0 Å². The van der Waals surface area contributed by atoms with E-state index < -0.39 is 0 Å². The summed E-state index contributed by atoms with van der Waals surface area (Å²) in [6, 6.07) is 0. The molecule has 2 saturated carbocycles. The van der Waals surface area contributed by atoms with Crippen LogP contribution in [-0.2, 0) is 0 Å². The van der Waals surface area contributed by atoms with Crippen molar-refractivity contribution in [1.29, 1.82) is 0 Å². The molecule has 0 aromatic carbocycles. The van der Waals surface area contributed by atoms with Crippen molar-refractivity contribution in [2.45, 2.75) is 65.7 Å². The van der Waals surface area contributed by atoms with Gasteiger partial charge in [0.25, 0.3) is 0 Å². The van der Waals surface area contributed by atoms with Crippen molar-refractivity contribution in [1.82, 2.24) is 0 Å². The van der Waals surface area contributed by atoms with E-state index in [4.69, 9.17) is 0 Å². The third-order valence-electron chi connectivity index (χ3n) is 5.51. The van der Waals surface area contributed by atoms with Gasteiger partial charge in [0, 0.05) is 0 Å². The molecule has 2 rings (SSSR count). The topological polar surface area (TPSA) is 0 Å². The lowest BCUT2D eigenvalue weighted by atomic mass is 9.50. The van der Waals surface area contributed by atoms with Crippen molar-refractivity contribution >= 4 is 0 Å². The molecule has 0 radical (unpaired) electrons. The van der Waals surface area contributed by atoms with Gasteiger partial charge in [0.1, 0.15) is 0 Å². The largest absolute Gasteiger partial charge is 0.0651 e. The van der Waals surface area contributed by atoms with Gasteiger partial charge >= 0.3 is 0 Å². The summed E-state index contributed by atoms with van der Waals surface area (Å²) in [6.45, 7) is 7.36. The predicted molar refractivity (Wildman–Crippen MR) is 62.2 cm³/mol. The lowest BCUT2D eigenvalue weighted by Crippen LogP contribution is -2.45. The Kier molecular flexibility index (Phi) is 2.91.